The van der Waals surface area contributed by atoms with Gasteiger partial charge in [-0.25, -0.2) is 0 Å². The molecule has 0 aliphatic carbocycles. The van der Waals surface area contributed by atoms with Gasteiger partial charge in [-0.3, -0.25) is 4.79 Å². The summed E-state index contributed by atoms with van der Waals surface area (Å²) in [5.74, 6) is 2.33. The summed E-state index contributed by atoms with van der Waals surface area (Å²) in [5, 5.41) is 0.0874. The minimum atomic E-state index is -0.139. The molecule has 2 aliphatic heterocycles. The van der Waals surface area contributed by atoms with Crippen LogP contribution in [0.2, 0.25) is 0 Å². The average Bonchev–Trinajstić information content (AvgIpc) is 3.57. The molecule has 2 heterocycles. The van der Waals surface area contributed by atoms with Crippen LogP contribution in [-0.2, 0) is 19.7 Å². The van der Waals surface area contributed by atoms with E-state index in [0.29, 0.717) is 19.0 Å². The molecule has 154 valence electrons. The van der Waals surface area contributed by atoms with E-state index in [0.717, 1.165) is 18.1 Å². The Kier molecular flexibility index (Phi) is 6.13. The van der Waals surface area contributed by atoms with Gasteiger partial charge in [-0.1, -0.05) is 49.9 Å². The second-order valence-electron chi connectivity index (χ2n) is 7.87. The summed E-state index contributed by atoms with van der Waals surface area (Å²) >= 11 is 1.31. The van der Waals surface area contributed by atoms with Crippen molar-refractivity contribution in [2.24, 2.45) is 0 Å². The molecule has 0 radical (unpaired) electrons. The smallest absolute Gasteiger partial charge is 0.214 e. The molecule has 2 aromatic rings. The molecule has 2 saturated heterocycles. The third-order valence-electron chi connectivity index (χ3n) is 5.29. The zero-order valence-corrected chi connectivity index (χ0v) is 17.6. The number of epoxide rings is 1. The Balaban J connectivity index is 1.34. The van der Waals surface area contributed by atoms with Gasteiger partial charge in [0.1, 0.15) is 43.5 Å². The highest BCUT2D eigenvalue weighted by atomic mass is 32.2. The lowest BCUT2D eigenvalue weighted by Gasteiger charge is -2.27. The van der Waals surface area contributed by atoms with E-state index < -0.39 is 0 Å². The monoisotopic (exact) mass is 414 g/mol. The fourth-order valence-corrected chi connectivity index (χ4v) is 3.92. The predicted octanol–water partition coefficient (Wildman–Crippen LogP) is 3.83. The maximum atomic E-state index is 11.2. The van der Waals surface area contributed by atoms with Crippen molar-refractivity contribution in [3.8, 4) is 11.5 Å². The fraction of sp³-hybridized carbons (Fsp3) is 0.435. The molecule has 0 saturated carbocycles. The van der Waals surface area contributed by atoms with Crippen LogP contribution in [0.15, 0.2) is 48.5 Å². The van der Waals surface area contributed by atoms with Crippen molar-refractivity contribution in [2.75, 3.05) is 32.2 Å². The first-order valence-corrected chi connectivity index (χ1v) is 10.8. The largest absolute Gasteiger partial charge is 0.491 e. The number of rotatable bonds is 8. The van der Waals surface area contributed by atoms with Crippen LogP contribution >= 0.6 is 11.8 Å². The molecule has 0 amide bonds. The maximum absolute atomic E-state index is 11.2. The summed E-state index contributed by atoms with van der Waals surface area (Å²) in [5.41, 5.74) is 2.29. The van der Waals surface area contributed by atoms with Gasteiger partial charge in [-0.2, -0.15) is 0 Å². The van der Waals surface area contributed by atoms with Gasteiger partial charge in [0.05, 0.1) is 6.61 Å². The van der Waals surface area contributed by atoms with Crippen LogP contribution < -0.4 is 9.47 Å². The molecule has 2 aliphatic rings. The molecule has 6 heteroatoms. The third kappa shape index (κ3) is 5.32. The first-order chi connectivity index (χ1) is 14.0. The zero-order valence-electron chi connectivity index (χ0n) is 16.8. The van der Waals surface area contributed by atoms with Crippen molar-refractivity contribution >= 4 is 16.9 Å². The summed E-state index contributed by atoms with van der Waals surface area (Å²) in [6.45, 7) is 6.46. The van der Waals surface area contributed by atoms with E-state index in [1.165, 1.54) is 22.9 Å². The van der Waals surface area contributed by atoms with Crippen LogP contribution in [0.3, 0.4) is 0 Å². The lowest BCUT2D eigenvalue weighted by atomic mass is 9.78. The number of carbonyl (C=O) groups is 1. The van der Waals surface area contributed by atoms with Gasteiger partial charge < -0.3 is 18.9 Å². The molecule has 5 nitrogen and oxygen atoms in total. The van der Waals surface area contributed by atoms with Gasteiger partial charge in [0, 0.05) is 11.2 Å². The van der Waals surface area contributed by atoms with Crippen LogP contribution in [0.5, 0.6) is 11.5 Å². The van der Waals surface area contributed by atoms with Crippen LogP contribution in [0.25, 0.3) is 0 Å². The topological polar surface area (TPSA) is 57.3 Å². The second-order valence-corrected chi connectivity index (χ2v) is 8.94. The quantitative estimate of drug-likeness (QED) is 0.612. The van der Waals surface area contributed by atoms with Gasteiger partial charge in [-0.15, -0.1) is 0 Å². The van der Waals surface area contributed by atoms with Crippen molar-refractivity contribution in [2.45, 2.75) is 31.5 Å². The van der Waals surface area contributed by atoms with E-state index in [4.69, 9.17) is 18.9 Å². The van der Waals surface area contributed by atoms with Crippen LogP contribution in [0, 0.1) is 0 Å². The molecule has 2 atom stereocenters. The normalized spacial score (nSPS) is 21.7. The SMILES string of the molecule is CC(C)(c1ccc(OCC2CO2)cc1)c1ccc(OCC2CSC(=O)CO2)cc1. The van der Waals surface area contributed by atoms with E-state index in [9.17, 15) is 4.79 Å². The van der Waals surface area contributed by atoms with Gasteiger partial charge in [0.2, 0.25) is 5.12 Å². The second kappa shape index (κ2) is 8.78. The van der Waals surface area contributed by atoms with Gasteiger partial charge in [0.25, 0.3) is 0 Å². The lowest BCUT2D eigenvalue weighted by Crippen LogP contribution is -2.31. The Bertz CT molecular complexity index is 817. The van der Waals surface area contributed by atoms with Crippen LogP contribution in [-0.4, -0.2) is 49.5 Å². The standard InChI is InChI=1S/C23H26O5S/c1-23(2,16-3-7-18(8-4-16)25-11-20-12-27-20)17-5-9-19(10-6-17)26-13-21-15-29-22(24)14-28-21/h3-10,20-21H,11-15H2,1-2H3. The van der Waals surface area contributed by atoms with E-state index in [1.807, 2.05) is 24.3 Å². The number of hydrogen-bond donors (Lipinski definition) is 0. The van der Waals surface area contributed by atoms with Crippen molar-refractivity contribution in [3.63, 3.8) is 0 Å². The molecule has 0 N–H and O–H groups in total. The van der Waals surface area contributed by atoms with Crippen LogP contribution in [0.1, 0.15) is 25.0 Å². The Morgan fingerprint density at radius 1 is 0.897 bits per heavy atom. The van der Waals surface area contributed by atoms with Crippen LogP contribution in [0.4, 0.5) is 0 Å². The van der Waals surface area contributed by atoms with Crippen molar-refractivity contribution in [1.82, 2.24) is 0 Å². The summed E-state index contributed by atoms with van der Waals surface area (Å²) in [6.07, 6.45) is 0.221. The van der Waals surface area contributed by atoms with Gasteiger partial charge in [-0.05, 0) is 35.4 Å². The lowest BCUT2D eigenvalue weighted by molar-refractivity contribution is -0.118. The van der Waals surface area contributed by atoms with Crippen molar-refractivity contribution in [3.05, 3.63) is 59.7 Å². The Hall–Kier alpha value is -2.02. The number of hydrogen-bond acceptors (Lipinski definition) is 6. The first kappa shape index (κ1) is 20.3. The number of carbonyl (C=O) groups excluding carboxylic acids is 1. The highest BCUT2D eigenvalue weighted by Crippen LogP contribution is 2.33. The molecule has 4 rings (SSSR count). The van der Waals surface area contributed by atoms with E-state index in [1.54, 1.807) is 0 Å². The van der Waals surface area contributed by atoms with Crippen molar-refractivity contribution < 1.29 is 23.7 Å². The van der Waals surface area contributed by atoms with E-state index in [2.05, 4.69) is 38.1 Å². The minimum Gasteiger partial charge on any atom is -0.491 e. The number of thioether (sulfide) groups is 1. The minimum absolute atomic E-state index is 0.0407. The third-order valence-corrected chi connectivity index (χ3v) is 6.27. The molecule has 0 spiro atoms. The molecule has 0 bridgehead atoms. The average molecular weight is 415 g/mol. The molecular weight excluding hydrogens is 388 g/mol. The number of ether oxygens (including phenoxy) is 4. The van der Waals surface area contributed by atoms with E-state index in [-0.39, 0.29) is 29.3 Å². The van der Waals surface area contributed by atoms with Gasteiger partial charge >= 0.3 is 0 Å². The Morgan fingerprint density at radius 3 is 1.86 bits per heavy atom. The summed E-state index contributed by atoms with van der Waals surface area (Å²) in [7, 11) is 0. The Labute approximate surface area is 175 Å². The summed E-state index contributed by atoms with van der Waals surface area (Å²) < 4.78 is 22.2. The van der Waals surface area contributed by atoms with Crippen molar-refractivity contribution in [1.29, 1.82) is 0 Å². The first-order valence-electron chi connectivity index (χ1n) is 9.86. The van der Waals surface area contributed by atoms with E-state index >= 15 is 0 Å². The Morgan fingerprint density at radius 2 is 1.41 bits per heavy atom. The molecule has 29 heavy (non-hydrogen) atoms. The fourth-order valence-electron chi connectivity index (χ4n) is 3.20. The highest BCUT2D eigenvalue weighted by Gasteiger charge is 2.25. The highest BCUT2D eigenvalue weighted by molar-refractivity contribution is 8.13. The summed E-state index contributed by atoms with van der Waals surface area (Å²) in [6, 6.07) is 16.5. The number of benzene rings is 2. The zero-order chi connectivity index (χ0) is 20.3. The molecule has 2 fully saturated rings. The maximum Gasteiger partial charge on any atom is 0.214 e. The molecule has 2 aromatic carbocycles. The van der Waals surface area contributed by atoms with Gasteiger partial charge in [0.15, 0.2) is 0 Å². The molecule has 0 aromatic heterocycles. The molecular formula is C23H26O5S. The molecule has 2 unspecified atom stereocenters. The summed E-state index contributed by atoms with van der Waals surface area (Å²) in [4.78, 5) is 11.2. The predicted molar refractivity (Wildman–Crippen MR) is 113 cm³/mol.